The third-order valence-corrected chi connectivity index (χ3v) is 3.66. The Labute approximate surface area is 106 Å². The number of piperidine rings is 1. The molecule has 1 aliphatic heterocycles. The first kappa shape index (κ1) is 13.2. The molecule has 0 bridgehead atoms. The molecule has 2 rings (SSSR count). The van der Waals surface area contributed by atoms with Gasteiger partial charge in [0.15, 0.2) is 0 Å². The van der Waals surface area contributed by atoms with Crippen LogP contribution in [0.2, 0.25) is 0 Å². The van der Waals surface area contributed by atoms with Crippen LogP contribution in [0.15, 0.2) is 12.1 Å². The maximum absolute atomic E-state index is 12.8. The molecule has 1 nitrogen and oxygen atoms in total. The topological polar surface area (TPSA) is 3.24 Å². The second-order valence-corrected chi connectivity index (χ2v) is 4.98. The quantitative estimate of drug-likeness (QED) is 0.724. The number of benzene rings is 1. The van der Waals surface area contributed by atoms with Crippen LogP contribution in [0.1, 0.15) is 36.0 Å². The molecule has 0 saturated carbocycles. The van der Waals surface area contributed by atoms with Gasteiger partial charge in [0.05, 0.1) is 5.56 Å². The summed E-state index contributed by atoms with van der Waals surface area (Å²) in [6.07, 6.45) is -0.958. The second kappa shape index (κ2) is 4.82. The summed E-state index contributed by atoms with van der Waals surface area (Å²) < 4.78 is 38.5. The number of hydrogen-bond donors (Lipinski definition) is 0. The molecule has 0 unspecified atom stereocenters. The smallest absolute Gasteiger partial charge is 0.371 e. The minimum atomic E-state index is -4.26. The Morgan fingerprint density at radius 2 is 1.61 bits per heavy atom. The van der Waals surface area contributed by atoms with E-state index in [1.54, 1.807) is 6.92 Å². The fraction of sp³-hybridized carbons (Fsp3) is 0.571. The van der Waals surface area contributed by atoms with Gasteiger partial charge < -0.3 is 4.90 Å². The highest BCUT2D eigenvalue weighted by atomic mass is 19.4. The van der Waals surface area contributed by atoms with E-state index in [2.05, 4.69) is 4.90 Å². The second-order valence-electron chi connectivity index (χ2n) is 4.98. The maximum Gasteiger partial charge on any atom is 0.416 e. The Morgan fingerprint density at radius 1 is 1.00 bits per heavy atom. The number of halogens is 3. The summed E-state index contributed by atoms with van der Waals surface area (Å²) in [5, 5.41) is 0. The molecule has 4 heteroatoms. The lowest BCUT2D eigenvalue weighted by Gasteiger charge is -2.31. The Balaban J connectivity index is 2.42. The third-order valence-electron chi connectivity index (χ3n) is 3.66. The van der Waals surface area contributed by atoms with Crippen LogP contribution in [0, 0.1) is 13.8 Å². The summed E-state index contributed by atoms with van der Waals surface area (Å²) in [5.41, 5.74) is 1.89. The summed E-state index contributed by atoms with van der Waals surface area (Å²) in [5.74, 6) is 0. The van der Waals surface area contributed by atoms with Gasteiger partial charge in [0.2, 0.25) is 0 Å². The van der Waals surface area contributed by atoms with E-state index >= 15 is 0 Å². The van der Waals surface area contributed by atoms with Gasteiger partial charge in [-0.15, -0.1) is 0 Å². The molecule has 1 aromatic rings. The molecule has 1 aliphatic rings. The lowest BCUT2D eigenvalue weighted by Crippen LogP contribution is -2.30. The molecule has 0 atom stereocenters. The van der Waals surface area contributed by atoms with Crippen molar-refractivity contribution in [2.24, 2.45) is 0 Å². The van der Waals surface area contributed by atoms with Crippen molar-refractivity contribution in [1.29, 1.82) is 0 Å². The molecule has 0 radical (unpaired) electrons. The lowest BCUT2D eigenvalue weighted by atomic mass is 10.0. The molecule has 1 saturated heterocycles. The van der Waals surface area contributed by atoms with Crippen molar-refractivity contribution in [2.45, 2.75) is 39.3 Å². The summed E-state index contributed by atoms with van der Waals surface area (Å²) in [6.45, 7) is 5.38. The van der Waals surface area contributed by atoms with Crippen LogP contribution in [0.5, 0.6) is 0 Å². The fourth-order valence-corrected chi connectivity index (χ4v) is 2.47. The van der Waals surface area contributed by atoms with Crippen LogP contribution in [-0.2, 0) is 6.18 Å². The van der Waals surface area contributed by atoms with Gasteiger partial charge in [-0.25, -0.2) is 0 Å². The van der Waals surface area contributed by atoms with Crippen LogP contribution < -0.4 is 4.90 Å². The molecule has 0 aliphatic carbocycles. The van der Waals surface area contributed by atoms with E-state index in [0.29, 0.717) is 5.56 Å². The highest BCUT2D eigenvalue weighted by Crippen LogP contribution is 2.35. The number of rotatable bonds is 1. The van der Waals surface area contributed by atoms with Crippen LogP contribution in [-0.4, -0.2) is 13.1 Å². The number of alkyl halides is 3. The largest absolute Gasteiger partial charge is 0.416 e. The summed E-state index contributed by atoms with van der Waals surface area (Å²) >= 11 is 0. The summed E-state index contributed by atoms with van der Waals surface area (Å²) in [4.78, 5) is 2.08. The predicted molar refractivity (Wildman–Crippen MR) is 67.0 cm³/mol. The van der Waals surface area contributed by atoms with E-state index in [0.717, 1.165) is 37.2 Å². The zero-order valence-corrected chi connectivity index (χ0v) is 10.8. The standard InChI is InChI=1S/C14H18F3N/c1-10-8-12(14(15,16)17)9-13(11(10)2)18-6-4-3-5-7-18/h8-9H,3-7H2,1-2H3. The average Bonchev–Trinajstić information content (AvgIpc) is 2.32. The molecule has 0 aromatic heterocycles. The van der Waals surface area contributed by atoms with E-state index in [1.165, 1.54) is 18.6 Å². The zero-order chi connectivity index (χ0) is 13.3. The van der Waals surface area contributed by atoms with Crippen molar-refractivity contribution in [1.82, 2.24) is 0 Å². The molecule has 0 N–H and O–H groups in total. The van der Waals surface area contributed by atoms with E-state index in [-0.39, 0.29) is 0 Å². The van der Waals surface area contributed by atoms with Crippen LogP contribution in [0.4, 0.5) is 18.9 Å². The predicted octanol–water partition coefficient (Wildman–Crippen LogP) is 4.31. The first-order valence-electron chi connectivity index (χ1n) is 6.33. The SMILES string of the molecule is Cc1cc(C(F)(F)F)cc(N2CCCCC2)c1C. The first-order chi connectivity index (χ1) is 8.39. The highest BCUT2D eigenvalue weighted by Gasteiger charge is 2.32. The average molecular weight is 257 g/mol. The minimum Gasteiger partial charge on any atom is -0.371 e. The monoisotopic (exact) mass is 257 g/mol. The lowest BCUT2D eigenvalue weighted by molar-refractivity contribution is -0.137. The molecule has 1 fully saturated rings. The number of anilines is 1. The van der Waals surface area contributed by atoms with E-state index < -0.39 is 11.7 Å². The zero-order valence-electron chi connectivity index (χ0n) is 10.8. The highest BCUT2D eigenvalue weighted by molar-refractivity contribution is 5.58. The van der Waals surface area contributed by atoms with Gasteiger partial charge in [-0.3, -0.25) is 0 Å². The van der Waals surface area contributed by atoms with Gasteiger partial charge in [-0.1, -0.05) is 0 Å². The van der Waals surface area contributed by atoms with Crippen molar-refractivity contribution >= 4 is 5.69 Å². The third kappa shape index (κ3) is 2.62. The van der Waals surface area contributed by atoms with Crippen LogP contribution in [0.25, 0.3) is 0 Å². The van der Waals surface area contributed by atoms with Crippen molar-refractivity contribution in [3.8, 4) is 0 Å². The maximum atomic E-state index is 12.8. The van der Waals surface area contributed by atoms with Gasteiger partial charge in [0.1, 0.15) is 0 Å². The molecule has 0 spiro atoms. The fourth-order valence-electron chi connectivity index (χ4n) is 2.47. The van der Waals surface area contributed by atoms with Crippen molar-refractivity contribution in [3.05, 3.63) is 28.8 Å². The Bertz CT molecular complexity index is 431. The molecule has 1 aromatic carbocycles. The molecule has 100 valence electrons. The number of aryl methyl sites for hydroxylation is 1. The molecule has 18 heavy (non-hydrogen) atoms. The van der Waals surface area contributed by atoms with Gasteiger partial charge in [0, 0.05) is 18.8 Å². The van der Waals surface area contributed by atoms with Crippen molar-refractivity contribution in [2.75, 3.05) is 18.0 Å². The van der Waals surface area contributed by atoms with Gasteiger partial charge in [0.25, 0.3) is 0 Å². The van der Waals surface area contributed by atoms with E-state index in [9.17, 15) is 13.2 Å². The van der Waals surface area contributed by atoms with Gasteiger partial charge in [-0.05, 0) is 56.4 Å². The summed E-state index contributed by atoms with van der Waals surface area (Å²) in [7, 11) is 0. The van der Waals surface area contributed by atoms with Crippen LogP contribution in [0.3, 0.4) is 0 Å². The number of nitrogens with zero attached hydrogens (tertiary/aromatic N) is 1. The number of hydrogen-bond acceptors (Lipinski definition) is 1. The minimum absolute atomic E-state index is 0.536. The van der Waals surface area contributed by atoms with Crippen molar-refractivity contribution < 1.29 is 13.2 Å². The molecular weight excluding hydrogens is 239 g/mol. The van der Waals surface area contributed by atoms with E-state index in [1.807, 2.05) is 6.92 Å². The normalized spacial score (nSPS) is 17.1. The molecule has 0 amide bonds. The van der Waals surface area contributed by atoms with Gasteiger partial charge >= 0.3 is 6.18 Å². The Hall–Kier alpha value is -1.19. The van der Waals surface area contributed by atoms with Crippen LogP contribution >= 0.6 is 0 Å². The Morgan fingerprint density at radius 3 is 2.17 bits per heavy atom. The van der Waals surface area contributed by atoms with E-state index in [4.69, 9.17) is 0 Å². The first-order valence-corrected chi connectivity index (χ1v) is 6.33. The summed E-state index contributed by atoms with van der Waals surface area (Å²) in [6, 6.07) is 2.54. The molecule has 1 heterocycles. The molecular formula is C14H18F3N. The Kier molecular flexibility index (Phi) is 3.55. The van der Waals surface area contributed by atoms with Crippen molar-refractivity contribution in [3.63, 3.8) is 0 Å². The van der Waals surface area contributed by atoms with Gasteiger partial charge in [-0.2, -0.15) is 13.2 Å².